The predicted octanol–water partition coefficient (Wildman–Crippen LogP) is 2.70. The molecule has 0 saturated carbocycles. The van der Waals surface area contributed by atoms with Crippen molar-refractivity contribution in [2.45, 2.75) is 0 Å². The fourth-order valence-corrected chi connectivity index (χ4v) is 1.95. The maximum atomic E-state index is 4.13. The Labute approximate surface area is 88.4 Å². The first-order chi connectivity index (χ1) is 5.70. The van der Waals surface area contributed by atoms with Gasteiger partial charge in [-0.2, -0.15) is 0 Å². The van der Waals surface area contributed by atoms with E-state index < -0.39 is 0 Å². The van der Waals surface area contributed by atoms with Gasteiger partial charge in [0.15, 0.2) is 0 Å². The van der Waals surface area contributed by atoms with Gasteiger partial charge in [-0.1, -0.05) is 0 Å². The molecule has 0 aromatic carbocycles. The zero-order chi connectivity index (χ0) is 9.14. The van der Waals surface area contributed by atoms with E-state index in [4.69, 9.17) is 0 Å². The summed E-state index contributed by atoms with van der Waals surface area (Å²) in [5, 5.41) is 0. The van der Waals surface area contributed by atoms with E-state index in [-0.39, 0.29) is 0 Å². The topological polar surface area (TPSA) is 24.7 Å². The van der Waals surface area contributed by atoms with Crippen LogP contribution in [0.25, 0.3) is 0 Å². The fraction of sp³-hybridized carbons (Fsp3) is 0.250. The van der Waals surface area contributed by atoms with Crippen LogP contribution >= 0.6 is 31.9 Å². The van der Waals surface area contributed by atoms with Crippen LogP contribution in [0, 0.1) is 0 Å². The zero-order valence-electron chi connectivity index (χ0n) is 6.81. The van der Waals surface area contributed by atoms with Crippen LogP contribution in [0.5, 0.6) is 0 Å². The summed E-state index contributed by atoms with van der Waals surface area (Å²) in [7, 11) is 3.50. The average Bonchev–Trinajstić information content (AvgIpc) is 2.08. The third-order valence-electron chi connectivity index (χ3n) is 1.50. The number of nitrogens with zero attached hydrogens (tertiary/aromatic N) is 2. The highest BCUT2D eigenvalue weighted by molar-refractivity contribution is 9.12. The van der Waals surface area contributed by atoms with E-state index in [1.54, 1.807) is 14.1 Å². The molecule has 0 aromatic heterocycles. The maximum Gasteiger partial charge on any atom is 0.0976 e. The van der Waals surface area contributed by atoms with Gasteiger partial charge in [0, 0.05) is 23.1 Å². The maximum absolute atomic E-state index is 4.13. The monoisotopic (exact) mass is 290 g/mol. The molecule has 12 heavy (non-hydrogen) atoms. The van der Waals surface area contributed by atoms with E-state index in [0.29, 0.717) is 0 Å². The minimum atomic E-state index is 0.881. The minimum absolute atomic E-state index is 0.881. The Morgan fingerprint density at radius 1 is 0.917 bits per heavy atom. The summed E-state index contributed by atoms with van der Waals surface area (Å²) in [6.45, 7) is 0. The van der Waals surface area contributed by atoms with Gasteiger partial charge in [0.05, 0.1) is 11.4 Å². The lowest BCUT2D eigenvalue weighted by Crippen LogP contribution is -2.17. The van der Waals surface area contributed by atoms with E-state index in [9.17, 15) is 0 Å². The van der Waals surface area contributed by atoms with Crippen LogP contribution in [-0.2, 0) is 0 Å². The summed E-state index contributed by atoms with van der Waals surface area (Å²) < 4.78 is 1.93. The molecule has 0 heterocycles. The lowest BCUT2D eigenvalue weighted by Gasteiger charge is -2.11. The van der Waals surface area contributed by atoms with E-state index in [0.717, 1.165) is 20.4 Å². The molecule has 2 nitrogen and oxygen atoms in total. The van der Waals surface area contributed by atoms with Crippen molar-refractivity contribution in [2.75, 3.05) is 14.1 Å². The average molecular weight is 292 g/mol. The van der Waals surface area contributed by atoms with Crippen molar-refractivity contribution in [1.82, 2.24) is 0 Å². The fourth-order valence-electron chi connectivity index (χ4n) is 0.956. The third kappa shape index (κ3) is 1.75. The van der Waals surface area contributed by atoms with E-state index in [2.05, 4.69) is 41.8 Å². The minimum Gasteiger partial charge on any atom is -0.285 e. The number of aliphatic imine (C=N–C) groups is 2. The van der Waals surface area contributed by atoms with Crippen LogP contribution in [0.1, 0.15) is 0 Å². The summed E-state index contributed by atoms with van der Waals surface area (Å²) in [6, 6.07) is 0. The lowest BCUT2D eigenvalue weighted by molar-refractivity contribution is 1.42. The van der Waals surface area contributed by atoms with Gasteiger partial charge in [-0.3, -0.25) is 9.98 Å². The van der Waals surface area contributed by atoms with Gasteiger partial charge in [-0.15, -0.1) is 0 Å². The number of halogens is 2. The van der Waals surface area contributed by atoms with Gasteiger partial charge in [-0.25, -0.2) is 0 Å². The molecule has 0 radical (unpaired) electrons. The van der Waals surface area contributed by atoms with Crippen LogP contribution in [-0.4, -0.2) is 25.5 Å². The number of hydrogen-bond acceptors (Lipinski definition) is 2. The summed E-state index contributed by atoms with van der Waals surface area (Å²) in [6.07, 6.45) is 3.89. The Bertz CT molecular complexity index is 279. The first kappa shape index (κ1) is 9.86. The number of allylic oxidation sites excluding steroid dienone is 4. The van der Waals surface area contributed by atoms with Crippen LogP contribution in [0.15, 0.2) is 31.1 Å². The second kappa shape index (κ2) is 4.14. The molecule has 0 fully saturated rings. The summed E-state index contributed by atoms with van der Waals surface area (Å²) in [4.78, 5) is 8.26. The zero-order valence-corrected chi connectivity index (χ0v) is 9.98. The first-order valence-corrected chi connectivity index (χ1v) is 4.97. The summed E-state index contributed by atoms with van der Waals surface area (Å²) in [5.74, 6) is 0. The highest BCUT2D eigenvalue weighted by atomic mass is 79.9. The molecule has 0 saturated heterocycles. The van der Waals surface area contributed by atoms with Crippen molar-refractivity contribution >= 4 is 43.3 Å². The highest BCUT2D eigenvalue weighted by Crippen LogP contribution is 2.22. The SMILES string of the molecule is C/N=C1/C(Br)=CC=C(Br)/C1=N/C. The molecule has 64 valence electrons. The Balaban J connectivity index is 3.20. The van der Waals surface area contributed by atoms with Crippen molar-refractivity contribution in [2.24, 2.45) is 9.98 Å². The molecule has 0 bridgehead atoms. The molecular weight excluding hydrogens is 284 g/mol. The Kier molecular flexibility index (Phi) is 3.40. The van der Waals surface area contributed by atoms with Crippen molar-refractivity contribution in [3.8, 4) is 0 Å². The summed E-state index contributed by atoms with van der Waals surface area (Å²) in [5.41, 5.74) is 1.76. The van der Waals surface area contributed by atoms with Gasteiger partial charge in [0.1, 0.15) is 0 Å². The van der Waals surface area contributed by atoms with Gasteiger partial charge in [0.25, 0.3) is 0 Å². The Morgan fingerprint density at radius 3 is 1.50 bits per heavy atom. The van der Waals surface area contributed by atoms with Crippen LogP contribution < -0.4 is 0 Å². The predicted molar refractivity (Wildman–Crippen MR) is 60.7 cm³/mol. The normalized spacial score (nSPS) is 24.3. The molecule has 0 amide bonds. The van der Waals surface area contributed by atoms with Crippen LogP contribution in [0.3, 0.4) is 0 Å². The lowest BCUT2D eigenvalue weighted by atomic mass is 10.1. The van der Waals surface area contributed by atoms with E-state index in [1.165, 1.54) is 0 Å². The molecule has 0 unspecified atom stereocenters. The van der Waals surface area contributed by atoms with E-state index >= 15 is 0 Å². The van der Waals surface area contributed by atoms with Gasteiger partial charge in [-0.05, 0) is 44.0 Å². The van der Waals surface area contributed by atoms with Crippen molar-refractivity contribution in [3.05, 3.63) is 21.1 Å². The molecule has 0 spiro atoms. The van der Waals surface area contributed by atoms with Crippen molar-refractivity contribution < 1.29 is 0 Å². The third-order valence-corrected chi connectivity index (χ3v) is 2.78. The Hall–Kier alpha value is -0.220. The molecule has 4 heteroatoms. The largest absolute Gasteiger partial charge is 0.285 e. The molecule has 1 aliphatic carbocycles. The second-order valence-corrected chi connectivity index (χ2v) is 3.88. The second-order valence-electron chi connectivity index (χ2n) is 2.17. The molecular formula is C8H8Br2N2. The molecule has 0 atom stereocenters. The van der Waals surface area contributed by atoms with Gasteiger partial charge < -0.3 is 0 Å². The van der Waals surface area contributed by atoms with E-state index in [1.807, 2.05) is 12.2 Å². The standard InChI is InChI=1S/C8H8Br2N2/c1-11-7-5(9)3-4-6(10)8(7)12-2/h3-4H,1-2H3/b11-7-,12-8-. The van der Waals surface area contributed by atoms with Gasteiger partial charge in [0.2, 0.25) is 0 Å². The highest BCUT2D eigenvalue weighted by Gasteiger charge is 2.16. The Morgan fingerprint density at radius 2 is 1.25 bits per heavy atom. The van der Waals surface area contributed by atoms with Gasteiger partial charge >= 0.3 is 0 Å². The smallest absolute Gasteiger partial charge is 0.0976 e. The molecule has 1 aliphatic rings. The number of rotatable bonds is 0. The molecule has 1 rings (SSSR count). The molecule has 0 aliphatic heterocycles. The van der Waals surface area contributed by atoms with Crippen LogP contribution in [0.4, 0.5) is 0 Å². The first-order valence-electron chi connectivity index (χ1n) is 3.38. The number of hydrogen-bond donors (Lipinski definition) is 0. The quantitative estimate of drug-likeness (QED) is 0.613. The molecule has 0 N–H and O–H groups in total. The van der Waals surface area contributed by atoms with Crippen molar-refractivity contribution in [1.29, 1.82) is 0 Å². The van der Waals surface area contributed by atoms with Crippen molar-refractivity contribution in [3.63, 3.8) is 0 Å². The van der Waals surface area contributed by atoms with Crippen LogP contribution in [0.2, 0.25) is 0 Å². The summed E-state index contributed by atoms with van der Waals surface area (Å²) >= 11 is 6.82. The molecule has 0 aromatic rings.